The molecule has 2 fully saturated rings. The first kappa shape index (κ1) is 31.1. The number of morpholine rings is 1. The molecule has 5 rings (SSSR count). The molecule has 0 radical (unpaired) electrons. The van der Waals surface area contributed by atoms with Gasteiger partial charge in [-0.2, -0.15) is 0 Å². The Balaban J connectivity index is 0.000000262. The van der Waals surface area contributed by atoms with Crippen LogP contribution in [0.3, 0.4) is 0 Å². The highest BCUT2D eigenvalue weighted by atomic mass is 19.4. The van der Waals surface area contributed by atoms with Crippen molar-refractivity contribution in [2.45, 2.75) is 51.5 Å². The van der Waals surface area contributed by atoms with Gasteiger partial charge in [-0.05, 0) is 69.9 Å². The van der Waals surface area contributed by atoms with Crippen LogP contribution in [0, 0.1) is 5.82 Å². The molecular formula is C29H34F4N4O5. The number of carbonyl (C=O) groups is 2. The van der Waals surface area contributed by atoms with Gasteiger partial charge in [0, 0.05) is 48.9 Å². The molecule has 0 atom stereocenters. The van der Waals surface area contributed by atoms with E-state index in [4.69, 9.17) is 9.47 Å². The number of rotatable bonds is 3. The van der Waals surface area contributed by atoms with E-state index in [-0.39, 0.29) is 35.0 Å². The molecule has 2 amide bonds. The van der Waals surface area contributed by atoms with Gasteiger partial charge in [-0.1, -0.05) is 0 Å². The van der Waals surface area contributed by atoms with Crippen molar-refractivity contribution in [3.63, 3.8) is 0 Å². The Kier molecular flexibility index (Phi) is 9.60. The maximum atomic E-state index is 14.4. The second-order valence-electron chi connectivity index (χ2n) is 11.0. The Morgan fingerprint density at radius 3 is 2.21 bits per heavy atom. The summed E-state index contributed by atoms with van der Waals surface area (Å²) in [6.45, 7) is 8.94. The maximum Gasteiger partial charge on any atom is 0.573 e. The number of hydrogen-bond acceptors (Lipinski definition) is 6. The maximum absolute atomic E-state index is 14.4. The zero-order valence-electron chi connectivity index (χ0n) is 23.7. The normalized spacial score (nSPS) is 16.5. The summed E-state index contributed by atoms with van der Waals surface area (Å²) in [5.41, 5.74) is 1.11. The second-order valence-corrected chi connectivity index (χ2v) is 11.0. The van der Waals surface area contributed by atoms with E-state index in [0.717, 1.165) is 17.5 Å². The lowest BCUT2D eigenvalue weighted by Crippen LogP contribution is -2.43. The summed E-state index contributed by atoms with van der Waals surface area (Å²) in [5, 5.41) is 0.745. The number of likely N-dealkylation sites (tertiary alicyclic amines) is 1. The summed E-state index contributed by atoms with van der Waals surface area (Å²) in [5.74, 6) is -1.05. The molecule has 0 bridgehead atoms. The third-order valence-corrected chi connectivity index (χ3v) is 6.77. The summed E-state index contributed by atoms with van der Waals surface area (Å²) in [6, 6.07) is 6.64. The van der Waals surface area contributed by atoms with Crippen molar-refractivity contribution in [3.8, 4) is 5.75 Å². The van der Waals surface area contributed by atoms with Crippen LogP contribution in [0.2, 0.25) is 0 Å². The quantitative estimate of drug-likeness (QED) is 0.381. The number of halogens is 4. The predicted octanol–water partition coefficient (Wildman–Crippen LogP) is 5.87. The highest BCUT2D eigenvalue weighted by Crippen LogP contribution is 2.34. The topological polar surface area (TPSA) is 97.0 Å². The Morgan fingerprint density at radius 1 is 0.976 bits per heavy atom. The van der Waals surface area contributed by atoms with Gasteiger partial charge in [0.05, 0.1) is 19.4 Å². The van der Waals surface area contributed by atoms with E-state index in [1.165, 1.54) is 18.3 Å². The van der Waals surface area contributed by atoms with E-state index < -0.39 is 12.0 Å². The fourth-order valence-electron chi connectivity index (χ4n) is 4.84. The van der Waals surface area contributed by atoms with E-state index in [2.05, 4.69) is 14.7 Å². The number of fused-ring (bicyclic) bond motifs is 1. The van der Waals surface area contributed by atoms with Gasteiger partial charge < -0.3 is 29.0 Å². The standard InChI is InChI=1S/C20H17F4N3O2.C9H17NO3/c21-16-11-26-18-15(5-8-25-18)17(16)12-6-9-27(10-7-12)19(28)13-1-3-14(4-2-13)29-20(22,23)24;1-9(2,3)13-8(11)10-4-6-12-7-5-10/h1-5,8,11-12H,6-7,9-10H2,(H,25,26);4-7H2,1-3H3. The average molecular weight is 595 g/mol. The number of aromatic nitrogens is 2. The van der Waals surface area contributed by atoms with Crippen LogP contribution in [0.25, 0.3) is 11.0 Å². The fourth-order valence-corrected chi connectivity index (χ4v) is 4.84. The van der Waals surface area contributed by atoms with Crippen LogP contribution in [-0.2, 0) is 9.47 Å². The molecule has 13 heteroatoms. The average Bonchev–Trinajstić information content (AvgIpc) is 3.41. The van der Waals surface area contributed by atoms with E-state index in [0.29, 0.717) is 63.4 Å². The molecule has 228 valence electrons. The first-order valence-electron chi connectivity index (χ1n) is 13.6. The number of ether oxygens (including phenoxy) is 3. The van der Waals surface area contributed by atoms with Crippen LogP contribution >= 0.6 is 0 Å². The molecule has 3 aromatic rings. The van der Waals surface area contributed by atoms with Gasteiger partial charge in [-0.15, -0.1) is 13.2 Å². The summed E-state index contributed by atoms with van der Waals surface area (Å²) < 4.78 is 65.3. The molecule has 0 aliphatic carbocycles. The van der Waals surface area contributed by atoms with Crippen molar-refractivity contribution in [3.05, 3.63) is 59.7 Å². The minimum Gasteiger partial charge on any atom is -0.444 e. The third kappa shape index (κ3) is 8.34. The molecule has 0 saturated carbocycles. The minimum absolute atomic E-state index is 0.0390. The van der Waals surface area contributed by atoms with E-state index >= 15 is 0 Å². The molecule has 0 unspecified atom stereocenters. The summed E-state index contributed by atoms with van der Waals surface area (Å²) >= 11 is 0. The summed E-state index contributed by atoms with van der Waals surface area (Å²) in [4.78, 5) is 34.4. The molecule has 42 heavy (non-hydrogen) atoms. The van der Waals surface area contributed by atoms with Crippen molar-refractivity contribution in [1.29, 1.82) is 0 Å². The third-order valence-electron chi connectivity index (χ3n) is 6.77. The molecule has 2 saturated heterocycles. The van der Waals surface area contributed by atoms with Crippen LogP contribution in [0.15, 0.2) is 42.7 Å². The van der Waals surface area contributed by atoms with Gasteiger partial charge in [0.15, 0.2) is 0 Å². The number of amides is 2. The lowest BCUT2D eigenvalue weighted by molar-refractivity contribution is -0.274. The first-order valence-corrected chi connectivity index (χ1v) is 13.6. The molecule has 0 spiro atoms. The van der Waals surface area contributed by atoms with Crippen LogP contribution in [0.4, 0.5) is 22.4 Å². The number of alkyl halides is 3. The Hall–Kier alpha value is -3.87. The lowest BCUT2D eigenvalue weighted by Gasteiger charge is -2.32. The molecular weight excluding hydrogens is 560 g/mol. The van der Waals surface area contributed by atoms with Crippen LogP contribution in [-0.4, -0.2) is 83.1 Å². The minimum atomic E-state index is -4.78. The Bertz CT molecular complexity index is 1360. The lowest BCUT2D eigenvalue weighted by atomic mass is 9.87. The molecule has 1 N–H and O–H groups in total. The Morgan fingerprint density at radius 2 is 1.62 bits per heavy atom. The number of nitrogens with zero attached hydrogens (tertiary/aromatic N) is 3. The molecule has 2 aromatic heterocycles. The van der Waals surface area contributed by atoms with Crippen LogP contribution < -0.4 is 4.74 Å². The van der Waals surface area contributed by atoms with Gasteiger partial charge in [0.1, 0.15) is 22.8 Å². The fraction of sp³-hybridized carbons (Fsp3) is 0.483. The van der Waals surface area contributed by atoms with Gasteiger partial charge in [-0.3, -0.25) is 4.79 Å². The van der Waals surface area contributed by atoms with E-state index in [1.54, 1.807) is 22.1 Å². The molecule has 2 aliphatic heterocycles. The number of pyridine rings is 1. The number of aromatic amines is 1. The smallest absolute Gasteiger partial charge is 0.444 e. The Labute approximate surface area is 240 Å². The van der Waals surface area contributed by atoms with Crippen LogP contribution in [0.1, 0.15) is 55.5 Å². The largest absolute Gasteiger partial charge is 0.573 e. The molecule has 2 aliphatic rings. The van der Waals surface area contributed by atoms with Gasteiger partial charge in [-0.25, -0.2) is 14.2 Å². The number of hydrogen-bond donors (Lipinski definition) is 1. The highest BCUT2D eigenvalue weighted by molar-refractivity contribution is 5.94. The van der Waals surface area contributed by atoms with E-state index in [1.807, 2.05) is 20.8 Å². The SMILES string of the molecule is CC(C)(C)OC(=O)N1CCOCC1.O=C(c1ccc(OC(F)(F)F)cc1)N1CCC(c2c(F)cnc3[nH]ccc23)CC1. The van der Waals surface area contributed by atoms with Crippen molar-refractivity contribution in [2.24, 2.45) is 0 Å². The first-order chi connectivity index (χ1) is 19.8. The molecule has 1 aromatic carbocycles. The number of H-pyrrole nitrogens is 1. The number of carbonyl (C=O) groups excluding carboxylic acids is 2. The summed E-state index contributed by atoms with van der Waals surface area (Å²) in [6.07, 6.45) is -0.928. The van der Waals surface area contributed by atoms with Gasteiger partial charge in [0.25, 0.3) is 5.91 Å². The number of benzene rings is 1. The predicted molar refractivity (Wildman–Crippen MR) is 146 cm³/mol. The van der Waals surface area contributed by atoms with Crippen molar-refractivity contribution < 1.29 is 41.4 Å². The zero-order chi connectivity index (χ0) is 30.5. The second kappa shape index (κ2) is 13.0. The molecule has 4 heterocycles. The van der Waals surface area contributed by atoms with Crippen molar-refractivity contribution in [1.82, 2.24) is 19.8 Å². The van der Waals surface area contributed by atoms with E-state index in [9.17, 15) is 27.2 Å². The number of piperidine rings is 1. The van der Waals surface area contributed by atoms with Crippen molar-refractivity contribution in [2.75, 3.05) is 39.4 Å². The van der Waals surface area contributed by atoms with Gasteiger partial charge in [0.2, 0.25) is 0 Å². The van der Waals surface area contributed by atoms with Crippen LogP contribution in [0.5, 0.6) is 5.75 Å². The zero-order valence-corrected chi connectivity index (χ0v) is 23.7. The number of nitrogens with one attached hydrogen (secondary N) is 1. The van der Waals surface area contributed by atoms with Gasteiger partial charge >= 0.3 is 12.5 Å². The molecule has 9 nitrogen and oxygen atoms in total. The van der Waals surface area contributed by atoms with Crippen molar-refractivity contribution >= 4 is 23.0 Å². The summed E-state index contributed by atoms with van der Waals surface area (Å²) in [7, 11) is 0. The highest BCUT2D eigenvalue weighted by Gasteiger charge is 2.32. The monoisotopic (exact) mass is 594 g/mol.